The molecule has 0 aliphatic carbocycles. The summed E-state index contributed by atoms with van der Waals surface area (Å²) in [7, 11) is 3.10. The summed E-state index contributed by atoms with van der Waals surface area (Å²) in [5, 5.41) is 2.91. The van der Waals surface area contributed by atoms with Gasteiger partial charge in [-0.15, -0.1) is 0 Å². The molecule has 0 bridgehead atoms. The highest BCUT2D eigenvalue weighted by Gasteiger charge is 2.18. The third-order valence-corrected chi connectivity index (χ3v) is 2.31. The van der Waals surface area contributed by atoms with Crippen molar-refractivity contribution in [2.75, 3.05) is 14.2 Å². The fourth-order valence-electron chi connectivity index (χ4n) is 1.55. The summed E-state index contributed by atoms with van der Waals surface area (Å²) in [5.41, 5.74) is 0.857. The molecule has 0 spiro atoms. The maximum absolute atomic E-state index is 11.5. The van der Waals surface area contributed by atoms with Gasteiger partial charge in [-0.2, -0.15) is 0 Å². The van der Waals surface area contributed by atoms with E-state index in [0.717, 1.165) is 11.3 Å². The number of carbonyl (C=O) groups excluding carboxylic acids is 1. The minimum atomic E-state index is -0.437. The molecule has 0 heterocycles. The molecule has 1 aromatic carbocycles. The first-order valence-electron chi connectivity index (χ1n) is 5.60. The maximum atomic E-state index is 11.5. The van der Waals surface area contributed by atoms with E-state index < -0.39 is 6.04 Å². The van der Waals surface area contributed by atoms with E-state index in [2.05, 4.69) is 5.32 Å². The Kier molecular flexibility index (Phi) is 4.97. The Labute approximate surface area is 102 Å². The third-order valence-electron chi connectivity index (χ3n) is 2.31. The predicted molar refractivity (Wildman–Crippen MR) is 66.0 cm³/mol. The van der Waals surface area contributed by atoms with Crippen LogP contribution in [0.15, 0.2) is 24.3 Å². The number of carbonyl (C=O) groups is 1. The molecule has 1 rings (SSSR count). The first-order chi connectivity index (χ1) is 8.08. The van der Waals surface area contributed by atoms with Gasteiger partial charge in [0.1, 0.15) is 11.8 Å². The second kappa shape index (κ2) is 6.25. The first-order valence-corrected chi connectivity index (χ1v) is 5.60. The van der Waals surface area contributed by atoms with Crippen LogP contribution in [0.2, 0.25) is 0 Å². The van der Waals surface area contributed by atoms with Crippen molar-refractivity contribution >= 4 is 5.97 Å². The zero-order valence-corrected chi connectivity index (χ0v) is 10.7. The minimum absolute atomic E-state index is 0.140. The number of ether oxygens (including phenoxy) is 2. The van der Waals surface area contributed by atoms with E-state index >= 15 is 0 Å². The molecular formula is C13H19NO3. The van der Waals surface area contributed by atoms with Gasteiger partial charge in [0.2, 0.25) is 0 Å². The molecule has 1 unspecified atom stereocenters. The molecule has 0 aliphatic rings. The fraction of sp³-hybridized carbons (Fsp3) is 0.462. The van der Waals surface area contributed by atoms with Crippen LogP contribution in [-0.2, 0) is 9.53 Å². The highest BCUT2D eigenvalue weighted by molar-refractivity contribution is 5.77. The molecule has 1 atom stereocenters. The number of hydrogen-bond donors (Lipinski definition) is 1. The van der Waals surface area contributed by atoms with Crippen molar-refractivity contribution in [2.45, 2.75) is 26.0 Å². The van der Waals surface area contributed by atoms with E-state index in [1.165, 1.54) is 7.11 Å². The average molecular weight is 237 g/mol. The predicted octanol–water partition coefficient (Wildman–Crippen LogP) is 1.91. The molecule has 0 fully saturated rings. The van der Waals surface area contributed by atoms with E-state index in [1.807, 2.05) is 38.1 Å². The van der Waals surface area contributed by atoms with Crippen LogP contribution in [0.5, 0.6) is 5.75 Å². The van der Waals surface area contributed by atoms with Crippen molar-refractivity contribution in [2.24, 2.45) is 0 Å². The van der Waals surface area contributed by atoms with Crippen LogP contribution in [0.3, 0.4) is 0 Å². The van der Waals surface area contributed by atoms with Gasteiger partial charge in [0.05, 0.1) is 13.2 Å². The molecule has 0 amide bonds. The summed E-state index contributed by atoms with van der Waals surface area (Å²) in [6, 6.07) is 6.98. The van der Waals surface area contributed by atoms with Crippen LogP contribution in [0, 0.1) is 0 Å². The summed E-state index contributed by atoms with van der Waals surface area (Å²) in [6.07, 6.45) is 0.140. The summed E-state index contributed by atoms with van der Waals surface area (Å²) in [5.74, 6) is 0.494. The Balaban J connectivity index is 2.81. The lowest BCUT2D eigenvalue weighted by Crippen LogP contribution is -2.26. The lowest BCUT2D eigenvalue weighted by molar-refractivity contribution is -0.143. The normalized spacial score (nSPS) is 12.3. The van der Waals surface area contributed by atoms with Crippen molar-refractivity contribution in [3.05, 3.63) is 29.8 Å². The quantitative estimate of drug-likeness (QED) is 0.795. The third kappa shape index (κ3) is 3.75. The molecule has 0 aromatic heterocycles. The second-order valence-corrected chi connectivity index (χ2v) is 3.98. The van der Waals surface area contributed by atoms with Gasteiger partial charge in [0.15, 0.2) is 0 Å². The highest BCUT2D eigenvalue weighted by Crippen LogP contribution is 2.19. The number of rotatable bonds is 5. The van der Waals surface area contributed by atoms with Crippen molar-refractivity contribution in [3.8, 4) is 5.75 Å². The van der Waals surface area contributed by atoms with Crippen LogP contribution in [-0.4, -0.2) is 26.2 Å². The molecule has 4 heteroatoms. The largest absolute Gasteiger partial charge is 0.491 e. The van der Waals surface area contributed by atoms with Crippen LogP contribution >= 0.6 is 0 Å². The summed E-state index contributed by atoms with van der Waals surface area (Å²) in [4.78, 5) is 11.5. The summed E-state index contributed by atoms with van der Waals surface area (Å²) < 4.78 is 10.3. The van der Waals surface area contributed by atoms with Gasteiger partial charge in [-0.05, 0) is 38.6 Å². The number of esters is 1. The summed E-state index contributed by atoms with van der Waals surface area (Å²) in [6.45, 7) is 3.94. The molecule has 1 aromatic rings. The van der Waals surface area contributed by atoms with Crippen molar-refractivity contribution in [3.63, 3.8) is 0 Å². The molecule has 4 nitrogen and oxygen atoms in total. The van der Waals surface area contributed by atoms with Gasteiger partial charge in [-0.3, -0.25) is 0 Å². The van der Waals surface area contributed by atoms with Crippen LogP contribution in [0.1, 0.15) is 25.5 Å². The topological polar surface area (TPSA) is 47.6 Å². The Hall–Kier alpha value is -1.55. The van der Waals surface area contributed by atoms with Crippen LogP contribution < -0.4 is 10.1 Å². The number of hydrogen-bond acceptors (Lipinski definition) is 4. The van der Waals surface area contributed by atoms with Gasteiger partial charge >= 0.3 is 5.97 Å². The zero-order chi connectivity index (χ0) is 12.8. The molecule has 0 saturated heterocycles. The van der Waals surface area contributed by atoms with Gasteiger partial charge in [-0.25, -0.2) is 4.79 Å². The molecular weight excluding hydrogens is 218 g/mol. The Bertz CT molecular complexity index is 359. The number of likely N-dealkylation sites (N-methyl/N-ethyl adjacent to an activating group) is 1. The molecule has 0 saturated carbocycles. The molecule has 94 valence electrons. The lowest BCUT2D eigenvalue weighted by Gasteiger charge is -2.15. The first kappa shape index (κ1) is 13.5. The van der Waals surface area contributed by atoms with E-state index in [-0.39, 0.29) is 12.1 Å². The Morgan fingerprint density at radius 1 is 1.24 bits per heavy atom. The molecule has 0 aliphatic heterocycles. The van der Waals surface area contributed by atoms with Gasteiger partial charge in [0.25, 0.3) is 0 Å². The zero-order valence-electron chi connectivity index (χ0n) is 10.7. The smallest absolute Gasteiger partial charge is 0.327 e. The van der Waals surface area contributed by atoms with Gasteiger partial charge in [0, 0.05) is 0 Å². The fourth-order valence-corrected chi connectivity index (χ4v) is 1.55. The van der Waals surface area contributed by atoms with Crippen LogP contribution in [0.25, 0.3) is 0 Å². The number of benzene rings is 1. The molecule has 17 heavy (non-hydrogen) atoms. The standard InChI is InChI=1S/C13H19NO3/c1-9(2)17-11-7-5-10(6-8-11)12(14-3)13(15)16-4/h5-9,12,14H,1-4H3. The van der Waals surface area contributed by atoms with E-state index in [0.29, 0.717) is 0 Å². The minimum Gasteiger partial charge on any atom is -0.491 e. The highest BCUT2D eigenvalue weighted by atomic mass is 16.5. The van der Waals surface area contributed by atoms with E-state index in [4.69, 9.17) is 9.47 Å². The van der Waals surface area contributed by atoms with E-state index in [1.54, 1.807) is 7.05 Å². The molecule has 0 radical (unpaired) electrons. The molecule has 1 N–H and O–H groups in total. The maximum Gasteiger partial charge on any atom is 0.327 e. The van der Waals surface area contributed by atoms with Crippen molar-refractivity contribution in [1.29, 1.82) is 0 Å². The van der Waals surface area contributed by atoms with Crippen LogP contribution in [0.4, 0.5) is 0 Å². The Morgan fingerprint density at radius 2 is 1.82 bits per heavy atom. The summed E-state index contributed by atoms with van der Waals surface area (Å²) >= 11 is 0. The van der Waals surface area contributed by atoms with E-state index in [9.17, 15) is 4.79 Å². The van der Waals surface area contributed by atoms with Gasteiger partial charge in [-0.1, -0.05) is 12.1 Å². The van der Waals surface area contributed by atoms with Gasteiger partial charge < -0.3 is 14.8 Å². The number of methoxy groups -OCH3 is 1. The second-order valence-electron chi connectivity index (χ2n) is 3.98. The monoisotopic (exact) mass is 237 g/mol. The number of nitrogens with one attached hydrogen (secondary N) is 1. The van der Waals surface area contributed by atoms with Crippen molar-refractivity contribution in [1.82, 2.24) is 5.32 Å². The Morgan fingerprint density at radius 3 is 2.24 bits per heavy atom. The average Bonchev–Trinajstić information content (AvgIpc) is 2.31. The lowest BCUT2D eigenvalue weighted by atomic mass is 10.1. The van der Waals surface area contributed by atoms with Crippen molar-refractivity contribution < 1.29 is 14.3 Å². The SMILES string of the molecule is CNC(C(=O)OC)c1ccc(OC(C)C)cc1.